The van der Waals surface area contributed by atoms with E-state index in [2.05, 4.69) is 44.7 Å². The summed E-state index contributed by atoms with van der Waals surface area (Å²) in [6, 6.07) is 8.29. The zero-order chi connectivity index (χ0) is 11.3. The zero-order valence-corrected chi connectivity index (χ0v) is 9.73. The molecule has 2 heteroatoms. The van der Waals surface area contributed by atoms with Crippen molar-refractivity contribution in [2.45, 2.75) is 26.9 Å². The lowest BCUT2D eigenvalue weighted by molar-refractivity contribution is 0.0758. The average Bonchev–Trinajstić information content (AvgIpc) is 2.27. The maximum atomic E-state index is 5.69. The molecule has 82 valence electrons. The number of rotatable bonds is 5. The molecule has 0 saturated heterocycles. The zero-order valence-electron chi connectivity index (χ0n) is 9.73. The molecule has 1 aromatic rings. The fourth-order valence-electron chi connectivity index (χ4n) is 1.27. The summed E-state index contributed by atoms with van der Waals surface area (Å²) < 4.78 is 0. The second kappa shape index (κ2) is 5.56. The maximum Gasteiger partial charge on any atom is 0.101 e. The van der Waals surface area contributed by atoms with Crippen LogP contribution in [-0.2, 0) is 4.84 Å². The van der Waals surface area contributed by atoms with Gasteiger partial charge in [-0.15, -0.1) is 6.58 Å². The molecule has 0 amide bonds. The van der Waals surface area contributed by atoms with Crippen molar-refractivity contribution in [1.29, 1.82) is 0 Å². The molecule has 0 heterocycles. The minimum Gasteiger partial charge on any atom is -0.266 e. The third kappa shape index (κ3) is 3.40. The molecular weight excluding hydrogens is 186 g/mol. The Morgan fingerprint density at radius 1 is 1.40 bits per heavy atom. The van der Waals surface area contributed by atoms with Gasteiger partial charge in [0, 0.05) is 6.54 Å². The van der Waals surface area contributed by atoms with Crippen molar-refractivity contribution in [1.82, 2.24) is 0 Å². The Kier molecular flexibility index (Phi) is 4.37. The average molecular weight is 205 g/mol. The number of benzene rings is 1. The van der Waals surface area contributed by atoms with E-state index in [4.69, 9.17) is 4.84 Å². The number of hydrogen-bond donors (Lipinski definition) is 0. The lowest BCUT2D eigenvalue weighted by atomic mass is 10.2. The van der Waals surface area contributed by atoms with Crippen LogP contribution < -0.4 is 5.06 Å². The van der Waals surface area contributed by atoms with E-state index >= 15 is 0 Å². The second-order valence-corrected chi connectivity index (χ2v) is 3.58. The van der Waals surface area contributed by atoms with Crippen LogP contribution in [-0.4, -0.2) is 12.6 Å². The second-order valence-electron chi connectivity index (χ2n) is 3.58. The number of hydrogen-bond acceptors (Lipinski definition) is 2. The van der Waals surface area contributed by atoms with Gasteiger partial charge in [-0.2, -0.15) is 0 Å². The van der Waals surface area contributed by atoms with E-state index in [0.29, 0.717) is 0 Å². The van der Waals surface area contributed by atoms with Gasteiger partial charge in [0.25, 0.3) is 0 Å². The molecule has 0 spiro atoms. The van der Waals surface area contributed by atoms with Gasteiger partial charge in [-0.25, -0.2) is 0 Å². The summed E-state index contributed by atoms with van der Waals surface area (Å²) in [6.07, 6.45) is 1.82. The largest absolute Gasteiger partial charge is 0.266 e. The van der Waals surface area contributed by atoms with E-state index in [0.717, 1.165) is 12.2 Å². The first-order valence-electron chi connectivity index (χ1n) is 5.31. The molecule has 1 rings (SSSR count). The van der Waals surface area contributed by atoms with Gasteiger partial charge in [0.05, 0.1) is 5.69 Å². The van der Waals surface area contributed by atoms with Crippen molar-refractivity contribution < 1.29 is 4.84 Å². The third-order valence-electron chi connectivity index (χ3n) is 2.23. The topological polar surface area (TPSA) is 12.5 Å². The fourth-order valence-corrected chi connectivity index (χ4v) is 1.27. The van der Waals surface area contributed by atoms with Crippen LogP contribution in [0.3, 0.4) is 0 Å². The van der Waals surface area contributed by atoms with E-state index < -0.39 is 0 Å². The molecule has 0 N–H and O–H groups in total. The summed E-state index contributed by atoms with van der Waals surface area (Å²) in [6.45, 7) is 10.6. The standard InChI is InChI=1S/C13H19NO/c1-5-12(4)15-14(6-2)13-9-7-11(3)8-10-13/h5,7-10,12H,1,6H2,2-4H3/t12-/m0/s1. The van der Waals surface area contributed by atoms with Crippen molar-refractivity contribution in [3.8, 4) is 0 Å². The molecule has 0 bridgehead atoms. The van der Waals surface area contributed by atoms with Crippen molar-refractivity contribution in [2.24, 2.45) is 0 Å². The highest BCUT2D eigenvalue weighted by atomic mass is 16.7. The number of anilines is 1. The van der Waals surface area contributed by atoms with Gasteiger partial charge >= 0.3 is 0 Å². The predicted octanol–water partition coefficient (Wildman–Crippen LogP) is 3.33. The summed E-state index contributed by atoms with van der Waals surface area (Å²) in [5, 5.41) is 1.88. The van der Waals surface area contributed by atoms with Gasteiger partial charge in [0.15, 0.2) is 0 Å². The highest BCUT2D eigenvalue weighted by Gasteiger charge is 2.07. The molecule has 0 aliphatic carbocycles. The Morgan fingerprint density at radius 3 is 2.47 bits per heavy atom. The van der Waals surface area contributed by atoms with E-state index in [1.165, 1.54) is 5.56 Å². The van der Waals surface area contributed by atoms with Crippen LogP contribution in [0.5, 0.6) is 0 Å². The number of hydroxylamine groups is 1. The van der Waals surface area contributed by atoms with Crippen molar-refractivity contribution >= 4 is 5.69 Å². The van der Waals surface area contributed by atoms with Gasteiger partial charge in [-0.3, -0.25) is 9.90 Å². The fraction of sp³-hybridized carbons (Fsp3) is 0.385. The summed E-state index contributed by atoms with van der Waals surface area (Å²) in [4.78, 5) is 5.69. The van der Waals surface area contributed by atoms with E-state index in [1.807, 2.05) is 12.0 Å². The Bertz CT molecular complexity index is 305. The van der Waals surface area contributed by atoms with Gasteiger partial charge < -0.3 is 0 Å². The molecule has 2 nitrogen and oxygen atoms in total. The molecule has 0 aromatic heterocycles. The molecule has 15 heavy (non-hydrogen) atoms. The highest BCUT2D eigenvalue weighted by molar-refractivity contribution is 5.45. The minimum atomic E-state index is 0.0336. The van der Waals surface area contributed by atoms with Crippen LogP contribution in [0.15, 0.2) is 36.9 Å². The third-order valence-corrected chi connectivity index (χ3v) is 2.23. The Hall–Kier alpha value is -1.28. The lowest BCUT2D eigenvalue weighted by Gasteiger charge is -2.24. The Balaban J connectivity index is 2.73. The first kappa shape index (κ1) is 11.8. The SMILES string of the molecule is C=C[C@H](C)ON(CC)c1ccc(C)cc1. The van der Waals surface area contributed by atoms with Crippen LogP contribution in [0.4, 0.5) is 5.69 Å². The maximum absolute atomic E-state index is 5.69. The van der Waals surface area contributed by atoms with Crippen LogP contribution in [0.25, 0.3) is 0 Å². The summed E-state index contributed by atoms with van der Waals surface area (Å²) >= 11 is 0. The van der Waals surface area contributed by atoms with Crippen molar-refractivity contribution in [2.75, 3.05) is 11.6 Å². The smallest absolute Gasteiger partial charge is 0.101 e. The molecule has 0 saturated carbocycles. The molecule has 0 fully saturated rings. The van der Waals surface area contributed by atoms with Crippen LogP contribution in [0.2, 0.25) is 0 Å². The van der Waals surface area contributed by atoms with Gasteiger partial charge in [0.1, 0.15) is 6.10 Å². The first-order valence-corrected chi connectivity index (χ1v) is 5.31. The molecule has 0 aliphatic rings. The van der Waals surface area contributed by atoms with Crippen LogP contribution in [0.1, 0.15) is 19.4 Å². The molecule has 0 unspecified atom stereocenters. The quantitative estimate of drug-likeness (QED) is 0.540. The normalized spacial score (nSPS) is 12.2. The van der Waals surface area contributed by atoms with E-state index in [9.17, 15) is 0 Å². The minimum absolute atomic E-state index is 0.0336. The molecule has 1 atom stereocenters. The monoisotopic (exact) mass is 205 g/mol. The summed E-state index contributed by atoms with van der Waals surface area (Å²) in [5.74, 6) is 0. The molecule has 0 aliphatic heterocycles. The molecule has 0 radical (unpaired) electrons. The number of nitrogens with zero attached hydrogens (tertiary/aromatic N) is 1. The Labute approximate surface area is 92.1 Å². The van der Waals surface area contributed by atoms with Gasteiger partial charge in [-0.1, -0.05) is 23.8 Å². The Morgan fingerprint density at radius 2 is 2.00 bits per heavy atom. The predicted molar refractivity (Wildman–Crippen MR) is 64.9 cm³/mol. The van der Waals surface area contributed by atoms with Crippen molar-refractivity contribution in [3.05, 3.63) is 42.5 Å². The summed E-state index contributed by atoms with van der Waals surface area (Å²) in [5.41, 5.74) is 2.34. The van der Waals surface area contributed by atoms with E-state index in [1.54, 1.807) is 6.08 Å². The van der Waals surface area contributed by atoms with Crippen molar-refractivity contribution in [3.63, 3.8) is 0 Å². The lowest BCUT2D eigenvalue weighted by Crippen LogP contribution is -2.27. The molecule has 1 aromatic carbocycles. The highest BCUT2D eigenvalue weighted by Crippen LogP contribution is 2.16. The first-order chi connectivity index (χ1) is 7.17. The van der Waals surface area contributed by atoms with Gasteiger partial charge in [-0.05, 0) is 32.9 Å². The van der Waals surface area contributed by atoms with Crippen LogP contribution >= 0.6 is 0 Å². The number of aryl methyl sites for hydroxylation is 1. The van der Waals surface area contributed by atoms with E-state index in [-0.39, 0.29) is 6.10 Å². The summed E-state index contributed by atoms with van der Waals surface area (Å²) in [7, 11) is 0. The molecular formula is C13H19NO. The van der Waals surface area contributed by atoms with Gasteiger partial charge in [0.2, 0.25) is 0 Å². The van der Waals surface area contributed by atoms with Crippen LogP contribution in [0, 0.1) is 6.92 Å².